The molecule has 0 aromatic heterocycles. The van der Waals surface area contributed by atoms with Crippen molar-refractivity contribution >= 4 is 27.5 Å². The zero-order valence-electron chi connectivity index (χ0n) is 9.76. The van der Waals surface area contributed by atoms with Gasteiger partial charge < -0.3 is 11.1 Å². The van der Waals surface area contributed by atoms with Crippen LogP contribution in [0.5, 0.6) is 0 Å². The molecule has 1 aliphatic carbocycles. The molecule has 0 aliphatic heterocycles. The first-order chi connectivity index (χ1) is 8.20. The van der Waals surface area contributed by atoms with Gasteiger partial charge in [-0.15, -0.1) is 0 Å². The van der Waals surface area contributed by atoms with Crippen LogP contribution in [0.25, 0.3) is 0 Å². The molecule has 4 heteroatoms. The monoisotopic (exact) mass is 316 g/mol. The Morgan fingerprint density at radius 1 is 1.47 bits per heavy atom. The van der Waals surface area contributed by atoms with Gasteiger partial charge in [-0.05, 0) is 36.6 Å². The van der Waals surface area contributed by atoms with Gasteiger partial charge in [-0.3, -0.25) is 0 Å². The summed E-state index contributed by atoms with van der Waals surface area (Å²) in [5, 5.41) is 4.26. The molecular formula is C13H18BrClN2. The zero-order chi connectivity index (χ0) is 12.3. The largest absolute Gasteiger partial charge is 0.329 e. The number of hydrogen-bond donors (Lipinski definition) is 2. The Labute approximate surface area is 116 Å². The van der Waals surface area contributed by atoms with E-state index >= 15 is 0 Å². The Kier molecular flexibility index (Phi) is 4.86. The van der Waals surface area contributed by atoms with Gasteiger partial charge in [0.15, 0.2) is 0 Å². The molecular weight excluding hydrogens is 300 g/mol. The Hall–Kier alpha value is -0.0900. The number of nitrogens with one attached hydrogen (secondary N) is 1. The SMILES string of the molecule is NCC(NCCC1CC1)c1ccc(Br)cc1Cl. The summed E-state index contributed by atoms with van der Waals surface area (Å²) in [6.07, 6.45) is 4.05. The van der Waals surface area contributed by atoms with Crippen molar-refractivity contribution in [2.75, 3.05) is 13.1 Å². The van der Waals surface area contributed by atoms with E-state index in [-0.39, 0.29) is 6.04 Å². The van der Waals surface area contributed by atoms with E-state index in [2.05, 4.69) is 21.2 Å². The highest BCUT2D eigenvalue weighted by atomic mass is 79.9. The lowest BCUT2D eigenvalue weighted by atomic mass is 10.1. The van der Waals surface area contributed by atoms with Crippen LogP contribution in [-0.2, 0) is 0 Å². The second-order valence-corrected chi connectivity index (χ2v) is 5.96. The second kappa shape index (κ2) is 6.19. The van der Waals surface area contributed by atoms with Crippen LogP contribution >= 0.6 is 27.5 Å². The fourth-order valence-corrected chi connectivity index (χ4v) is 2.78. The molecule has 0 heterocycles. The van der Waals surface area contributed by atoms with Crippen LogP contribution in [0.4, 0.5) is 0 Å². The van der Waals surface area contributed by atoms with Crippen LogP contribution in [0.1, 0.15) is 30.9 Å². The Morgan fingerprint density at radius 2 is 2.24 bits per heavy atom. The number of nitrogens with two attached hydrogens (primary N) is 1. The van der Waals surface area contributed by atoms with Crippen molar-refractivity contribution in [3.63, 3.8) is 0 Å². The minimum atomic E-state index is 0.161. The van der Waals surface area contributed by atoms with Gasteiger partial charge in [-0.25, -0.2) is 0 Å². The lowest BCUT2D eigenvalue weighted by Gasteiger charge is -2.18. The average molecular weight is 318 g/mol. The van der Waals surface area contributed by atoms with Crippen LogP contribution in [0.15, 0.2) is 22.7 Å². The van der Waals surface area contributed by atoms with Gasteiger partial charge >= 0.3 is 0 Å². The maximum atomic E-state index is 6.23. The number of rotatable bonds is 6. The first kappa shape index (κ1) is 13.3. The van der Waals surface area contributed by atoms with Gasteiger partial charge in [-0.1, -0.05) is 46.4 Å². The lowest BCUT2D eigenvalue weighted by Crippen LogP contribution is -2.29. The topological polar surface area (TPSA) is 38.0 Å². The summed E-state index contributed by atoms with van der Waals surface area (Å²) >= 11 is 9.64. The van der Waals surface area contributed by atoms with E-state index in [0.29, 0.717) is 6.54 Å². The molecule has 94 valence electrons. The van der Waals surface area contributed by atoms with Crippen LogP contribution in [0, 0.1) is 5.92 Å². The lowest BCUT2D eigenvalue weighted by molar-refractivity contribution is 0.516. The molecule has 1 unspecified atom stereocenters. The van der Waals surface area contributed by atoms with Crippen molar-refractivity contribution in [2.45, 2.75) is 25.3 Å². The zero-order valence-corrected chi connectivity index (χ0v) is 12.1. The van der Waals surface area contributed by atoms with Gasteiger partial charge in [0.2, 0.25) is 0 Å². The molecule has 1 aromatic carbocycles. The van der Waals surface area contributed by atoms with Gasteiger partial charge in [0.05, 0.1) is 0 Å². The minimum Gasteiger partial charge on any atom is -0.329 e. The van der Waals surface area contributed by atoms with E-state index in [0.717, 1.165) is 27.5 Å². The number of benzene rings is 1. The number of hydrogen-bond acceptors (Lipinski definition) is 2. The normalized spacial score (nSPS) is 17.1. The third-order valence-electron chi connectivity index (χ3n) is 3.21. The molecule has 2 rings (SSSR count). The fraction of sp³-hybridized carbons (Fsp3) is 0.538. The van der Waals surface area contributed by atoms with Crippen LogP contribution < -0.4 is 11.1 Å². The van der Waals surface area contributed by atoms with Crippen molar-refractivity contribution in [3.05, 3.63) is 33.3 Å². The Morgan fingerprint density at radius 3 is 2.82 bits per heavy atom. The number of halogens is 2. The first-order valence-electron chi connectivity index (χ1n) is 6.09. The molecule has 1 atom stereocenters. The second-order valence-electron chi connectivity index (χ2n) is 4.64. The van der Waals surface area contributed by atoms with E-state index < -0.39 is 0 Å². The summed E-state index contributed by atoms with van der Waals surface area (Å²) in [7, 11) is 0. The van der Waals surface area contributed by atoms with Crippen molar-refractivity contribution in [2.24, 2.45) is 11.7 Å². The van der Waals surface area contributed by atoms with Crippen molar-refractivity contribution in [3.8, 4) is 0 Å². The van der Waals surface area contributed by atoms with E-state index in [1.165, 1.54) is 19.3 Å². The maximum Gasteiger partial charge on any atom is 0.0465 e. The Bertz CT molecular complexity index is 380. The molecule has 2 nitrogen and oxygen atoms in total. The van der Waals surface area contributed by atoms with Crippen molar-refractivity contribution in [1.29, 1.82) is 0 Å². The molecule has 0 spiro atoms. The van der Waals surface area contributed by atoms with Crippen molar-refractivity contribution in [1.82, 2.24) is 5.32 Å². The summed E-state index contributed by atoms with van der Waals surface area (Å²) in [6, 6.07) is 6.12. The van der Waals surface area contributed by atoms with E-state index in [9.17, 15) is 0 Å². The molecule has 3 N–H and O–H groups in total. The van der Waals surface area contributed by atoms with Crippen LogP contribution in [-0.4, -0.2) is 13.1 Å². The highest BCUT2D eigenvalue weighted by Gasteiger charge is 2.21. The molecule has 17 heavy (non-hydrogen) atoms. The Balaban J connectivity index is 1.94. The molecule has 0 radical (unpaired) electrons. The fourth-order valence-electron chi connectivity index (χ4n) is 1.97. The van der Waals surface area contributed by atoms with Gasteiger partial charge in [0.1, 0.15) is 0 Å². The molecule has 1 saturated carbocycles. The quantitative estimate of drug-likeness (QED) is 0.843. The van der Waals surface area contributed by atoms with E-state index in [1.54, 1.807) is 0 Å². The predicted octanol–water partition coefficient (Wildman–Crippen LogP) is 3.49. The summed E-state index contributed by atoms with van der Waals surface area (Å²) in [6.45, 7) is 1.60. The minimum absolute atomic E-state index is 0.161. The van der Waals surface area contributed by atoms with Crippen LogP contribution in [0.2, 0.25) is 5.02 Å². The molecule has 1 fully saturated rings. The smallest absolute Gasteiger partial charge is 0.0465 e. The molecule has 0 saturated heterocycles. The van der Waals surface area contributed by atoms with Gasteiger partial charge in [0, 0.05) is 22.1 Å². The molecule has 0 amide bonds. The predicted molar refractivity (Wildman–Crippen MR) is 76.3 cm³/mol. The van der Waals surface area contributed by atoms with Gasteiger partial charge in [0.25, 0.3) is 0 Å². The first-order valence-corrected chi connectivity index (χ1v) is 7.26. The standard InChI is InChI=1S/C13H18BrClN2/c14-10-3-4-11(12(15)7-10)13(8-16)17-6-5-9-1-2-9/h3-4,7,9,13,17H,1-2,5-6,8,16H2. The van der Waals surface area contributed by atoms with E-state index in [4.69, 9.17) is 17.3 Å². The highest BCUT2D eigenvalue weighted by Crippen LogP contribution is 2.32. The highest BCUT2D eigenvalue weighted by molar-refractivity contribution is 9.10. The molecule has 0 bridgehead atoms. The summed E-state index contributed by atoms with van der Waals surface area (Å²) in [4.78, 5) is 0. The summed E-state index contributed by atoms with van der Waals surface area (Å²) < 4.78 is 1.00. The van der Waals surface area contributed by atoms with Crippen molar-refractivity contribution < 1.29 is 0 Å². The van der Waals surface area contributed by atoms with Crippen LogP contribution in [0.3, 0.4) is 0 Å². The van der Waals surface area contributed by atoms with Gasteiger partial charge in [-0.2, -0.15) is 0 Å². The summed E-state index contributed by atoms with van der Waals surface area (Å²) in [5.41, 5.74) is 6.90. The molecule has 1 aromatic rings. The third kappa shape index (κ3) is 3.95. The van der Waals surface area contributed by atoms with E-state index in [1.807, 2.05) is 18.2 Å². The average Bonchev–Trinajstić information content (AvgIpc) is 3.10. The maximum absolute atomic E-state index is 6.23. The molecule has 1 aliphatic rings. The summed E-state index contributed by atoms with van der Waals surface area (Å²) in [5.74, 6) is 0.946. The third-order valence-corrected chi connectivity index (χ3v) is 4.03.